The van der Waals surface area contributed by atoms with Gasteiger partial charge in [0.05, 0.1) is 11.2 Å². The highest BCUT2D eigenvalue weighted by molar-refractivity contribution is 5.83. The SMILES string of the molecule is Cn1nc(-c2cnc3ccccc3c2)cc1N. The molecule has 2 N–H and O–H groups in total. The van der Waals surface area contributed by atoms with Crippen LogP contribution in [0.3, 0.4) is 0 Å². The van der Waals surface area contributed by atoms with Crippen molar-refractivity contribution >= 4 is 16.7 Å². The van der Waals surface area contributed by atoms with E-state index in [0.29, 0.717) is 5.82 Å². The maximum absolute atomic E-state index is 5.77. The van der Waals surface area contributed by atoms with Crippen molar-refractivity contribution in [2.24, 2.45) is 7.05 Å². The molecule has 84 valence electrons. The molecule has 2 aromatic heterocycles. The van der Waals surface area contributed by atoms with Crippen molar-refractivity contribution in [2.75, 3.05) is 5.73 Å². The number of para-hydroxylation sites is 1. The number of aromatic nitrogens is 3. The highest BCUT2D eigenvalue weighted by Gasteiger charge is 2.05. The van der Waals surface area contributed by atoms with E-state index in [1.165, 1.54) is 0 Å². The summed E-state index contributed by atoms with van der Waals surface area (Å²) in [5.41, 5.74) is 8.59. The van der Waals surface area contributed by atoms with Gasteiger partial charge in [0.25, 0.3) is 0 Å². The maximum atomic E-state index is 5.77. The van der Waals surface area contributed by atoms with E-state index in [0.717, 1.165) is 22.2 Å². The molecule has 3 rings (SSSR count). The number of hydrogen-bond acceptors (Lipinski definition) is 3. The highest BCUT2D eigenvalue weighted by Crippen LogP contribution is 2.22. The van der Waals surface area contributed by atoms with Crippen LogP contribution in [0.25, 0.3) is 22.2 Å². The van der Waals surface area contributed by atoms with E-state index < -0.39 is 0 Å². The molecule has 0 amide bonds. The van der Waals surface area contributed by atoms with Gasteiger partial charge >= 0.3 is 0 Å². The molecule has 0 spiro atoms. The molecule has 17 heavy (non-hydrogen) atoms. The zero-order chi connectivity index (χ0) is 11.8. The molecule has 0 fully saturated rings. The fraction of sp³-hybridized carbons (Fsp3) is 0.0769. The number of pyridine rings is 1. The summed E-state index contributed by atoms with van der Waals surface area (Å²) >= 11 is 0. The zero-order valence-electron chi connectivity index (χ0n) is 9.46. The number of fused-ring (bicyclic) bond motifs is 1. The fourth-order valence-electron chi connectivity index (χ4n) is 1.83. The van der Waals surface area contributed by atoms with Crippen molar-refractivity contribution in [1.82, 2.24) is 14.8 Å². The lowest BCUT2D eigenvalue weighted by Crippen LogP contribution is -1.96. The Bertz CT molecular complexity index is 665. The smallest absolute Gasteiger partial charge is 0.121 e. The van der Waals surface area contributed by atoms with Crippen molar-refractivity contribution < 1.29 is 0 Å². The van der Waals surface area contributed by atoms with E-state index in [-0.39, 0.29) is 0 Å². The summed E-state index contributed by atoms with van der Waals surface area (Å²) in [5, 5.41) is 5.44. The monoisotopic (exact) mass is 224 g/mol. The number of hydrogen-bond donors (Lipinski definition) is 1. The summed E-state index contributed by atoms with van der Waals surface area (Å²) in [4.78, 5) is 4.41. The van der Waals surface area contributed by atoms with Crippen LogP contribution >= 0.6 is 0 Å². The van der Waals surface area contributed by atoms with E-state index in [9.17, 15) is 0 Å². The first-order valence-electron chi connectivity index (χ1n) is 5.39. The van der Waals surface area contributed by atoms with Gasteiger partial charge in [0.1, 0.15) is 5.82 Å². The Morgan fingerprint density at radius 1 is 1.18 bits per heavy atom. The number of anilines is 1. The average molecular weight is 224 g/mol. The zero-order valence-corrected chi connectivity index (χ0v) is 9.46. The highest BCUT2D eigenvalue weighted by atomic mass is 15.3. The first-order valence-corrected chi connectivity index (χ1v) is 5.39. The van der Waals surface area contributed by atoms with Gasteiger partial charge in [0, 0.05) is 30.3 Å². The van der Waals surface area contributed by atoms with Gasteiger partial charge in [-0.15, -0.1) is 0 Å². The number of nitrogen functional groups attached to an aromatic ring is 1. The molecule has 2 heterocycles. The minimum atomic E-state index is 0.646. The van der Waals surface area contributed by atoms with Gasteiger partial charge in [0.15, 0.2) is 0 Å². The Balaban J connectivity index is 2.17. The van der Waals surface area contributed by atoms with Gasteiger partial charge in [-0.05, 0) is 12.1 Å². The molecule has 0 bridgehead atoms. The Morgan fingerprint density at radius 2 is 2.00 bits per heavy atom. The average Bonchev–Trinajstić information content (AvgIpc) is 2.69. The van der Waals surface area contributed by atoms with Crippen molar-refractivity contribution in [3.05, 3.63) is 42.6 Å². The topological polar surface area (TPSA) is 56.7 Å². The molecule has 0 saturated carbocycles. The third kappa shape index (κ3) is 1.63. The lowest BCUT2D eigenvalue weighted by molar-refractivity contribution is 0.782. The molecule has 4 nitrogen and oxygen atoms in total. The van der Waals surface area contributed by atoms with Crippen LogP contribution in [0.2, 0.25) is 0 Å². The van der Waals surface area contributed by atoms with Gasteiger partial charge in [0.2, 0.25) is 0 Å². The molecule has 0 aliphatic rings. The Hall–Kier alpha value is -2.36. The molecule has 0 aliphatic heterocycles. The quantitative estimate of drug-likeness (QED) is 0.689. The second kappa shape index (κ2) is 3.59. The predicted octanol–water partition coefficient (Wildman–Crippen LogP) is 2.22. The van der Waals surface area contributed by atoms with Crippen LogP contribution in [0.5, 0.6) is 0 Å². The van der Waals surface area contributed by atoms with Gasteiger partial charge in [-0.3, -0.25) is 9.67 Å². The number of nitrogens with zero attached hydrogens (tertiary/aromatic N) is 3. The third-order valence-corrected chi connectivity index (χ3v) is 2.80. The molecule has 4 heteroatoms. The number of aryl methyl sites for hydroxylation is 1. The second-order valence-corrected chi connectivity index (χ2v) is 3.99. The molecule has 0 unspecified atom stereocenters. The number of rotatable bonds is 1. The van der Waals surface area contributed by atoms with Crippen molar-refractivity contribution in [3.8, 4) is 11.3 Å². The second-order valence-electron chi connectivity index (χ2n) is 3.99. The third-order valence-electron chi connectivity index (χ3n) is 2.80. The number of benzene rings is 1. The van der Waals surface area contributed by atoms with Crippen LogP contribution in [0.1, 0.15) is 0 Å². The Labute approximate surface area is 98.7 Å². The van der Waals surface area contributed by atoms with Crippen LogP contribution in [0, 0.1) is 0 Å². The maximum Gasteiger partial charge on any atom is 0.121 e. The summed E-state index contributed by atoms with van der Waals surface area (Å²) in [6, 6.07) is 11.9. The molecular formula is C13H12N4. The molecular weight excluding hydrogens is 212 g/mol. The summed E-state index contributed by atoms with van der Waals surface area (Å²) in [5.74, 6) is 0.646. The van der Waals surface area contributed by atoms with Gasteiger partial charge in [-0.25, -0.2) is 0 Å². The lowest BCUT2D eigenvalue weighted by Gasteiger charge is -1.99. The van der Waals surface area contributed by atoms with Crippen molar-refractivity contribution in [3.63, 3.8) is 0 Å². The summed E-state index contributed by atoms with van der Waals surface area (Å²) in [7, 11) is 1.83. The fourth-order valence-corrected chi connectivity index (χ4v) is 1.83. The Kier molecular flexibility index (Phi) is 2.08. The van der Waals surface area contributed by atoms with Crippen LogP contribution in [0.15, 0.2) is 42.6 Å². The van der Waals surface area contributed by atoms with E-state index in [4.69, 9.17) is 5.73 Å². The van der Waals surface area contributed by atoms with E-state index in [1.807, 2.05) is 43.6 Å². The van der Waals surface area contributed by atoms with Crippen LogP contribution < -0.4 is 5.73 Å². The molecule has 0 aliphatic carbocycles. The van der Waals surface area contributed by atoms with Crippen molar-refractivity contribution in [2.45, 2.75) is 0 Å². The standard InChI is InChI=1S/C13H12N4/c1-17-13(14)7-12(16-17)10-6-9-4-2-3-5-11(9)15-8-10/h2-8H,14H2,1H3. The van der Waals surface area contributed by atoms with Crippen molar-refractivity contribution in [1.29, 1.82) is 0 Å². The molecule has 0 radical (unpaired) electrons. The lowest BCUT2D eigenvalue weighted by atomic mass is 10.1. The normalized spacial score (nSPS) is 10.9. The predicted molar refractivity (Wildman–Crippen MR) is 68.4 cm³/mol. The summed E-state index contributed by atoms with van der Waals surface area (Å²) in [6.07, 6.45) is 1.82. The summed E-state index contributed by atoms with van der Waals surface area (Å²) in [6.45, 7) is 0. The van der Waals surface area contributed by atoms with Crippen LogP contribution in [-0.4, -0.2) is 14.8 Å². The number of nitrogens with two attached hydrogens (primary N) is 1. The molecule has 3 aromatic rings. The first-order chi connectivity index (χ1) is 8.24. The van der Waals surface area contributed by atoms with Gasteiger partial charge in [-0.1, -0.05) is 18.2 Å². The minimum absolute atomic E-state index is 0.646. The summed E-state index contributed by atoms with van der Waals surface area (Å²) < 4.78 is 1.66. The Morgan fingerprint density at radius 3 is 2.76 bits per heavy atom. The molecule has 0 atom stereocenters. The van der Waals surface area contributed by atoms with Gasteiger partial charge in [-0.2, -0.15) is 5.10 Å². The van der Waals surface area contributed by atoms with E-state index in [2.05, 4.69) is 16.1 Å². The van der Waals surface area contributed by atoms with Gasteiger partial charge < -0.3 is 5.73 Å². The molecule has 0 saturated heterocycles. The van der Waals surface area contributed by atoms with E-state index in [1.54, 1.807) is 4.68 Å². The van der Waals surface area contributed by atoms with Crippen LogP contribution in [0.4, 0.5) is 5.82 Å². The largest absolute Gasteiger partial charge is 0.384 e. The first kappa shape index (κ1) is 9.84. The van der Waals surface area contributed by atoms with E-state index >= 15 is 0 Å². The molecule has 1 aromatic carbocycles. The minimum Gasteiger partial charge on any atom is -0.384 e. The van der Waals surface area contributed by atoms with Crippen LogP contribution in [-0.2, 0) is 7.05 Å².